The summed E-state index contributed by atoms with van der Waals surface area (Å²) in [4.78, 5) is 31.2. The zero-order chi connectivity index (χ0) is 35.5. The lowest BCUT2D eigenvalue weighted by atomic mass is 9.78. The molecule has 6 rings (SSSR count). The lowest BCUT2D eigenvalue weighted by Gasteiger charge is -2.40. The molecule has 3 saturated heterocycles. The summed E-state index contributed by atoms with van der Waals surface area (Å²) in [5, 5.41) is 8.87. The van der Waals surface area contributed by atoms with Crippen molar-refractivity contribution in [2.75, 3.05) is 76.3 Å². The highest BCUT2D eigenvalue weighted by Gasteiger charge is 2.42. The smallest absolute Gasteiger partial charge is 0.382 e. The molecule has 12 heteroatoms. The molecule has 2 amide bonds. The number of hydrogen-bond donors (Lipinski definition) is 2. The molecule has 0 atom stereocenters. The Morgan fingerprint density at radius 1 is 0.960 bits per heavy atom. The van der Waals surface area contributed by atoms with E-state index in [2.05, 4.69) is 52.8 Å². The molecule has 0 saturated carbocycles. The number of benzene rings is 2. The maximum atomic E-state index is 13.7. The maximum Gasteiger partial charge on any atom is 0.406 e. The number of carbonyl (C=O) groups is 2. The first kappa shape index (κ1) is 36.1. The van der Waals surface area contributed by atoms with Gasteiger partial charge in [-0.1, -0.05) is 32.0 Å². The monoisotopic (exact) mass is 708 g/mol. The van der Waals surface area contributed by atoms with Gasteiger partial charge in [0.25, 0.3) is 0 Å². The summed E-state index contributed by atoms with van der Waals surface area (Å²) in [5.74, 6) is 6.32. The SMILES string of the molecule is CC(=O)N1CCC2(CCN(C(=O)CN3CCC(Nc4cccc5c4cc(C#CCNc4ccc(P(C)C)cc4)n5CC(F)(F)F)CC3)CC2)C1. The summed E-state index contributed by atoms with van der Waals surface area (Å²) in [6.45, 7) is 10.3. The Hall–Kier alpha value is -3.74. The molecular formula is C38H48F3N6O2P. The van der Waals surface area contributed by atoms with Crippen LogP contribution in [0, 0.1) is 17.3 Å². The molecule has 4 heterocycles. The van der Waals surface area contributed by atoms with Crippen molar-refractivity contribution >= 4 is 47.3 Å². The predicted octanol–water partition coefficient (Wildman–Crippen LogP) is 5.77. The number of rotatable bonds is 8. The number of alkyl halides is 3. The Morgan fingerprint density at radius 3 is 2.26 bits per heavy atom. The molecule has 0 unspecified atom stereocenters. The minimum atomic E-state index is -4.39. The van der Waals surface area contributed by atoms with Crippen LogP contribution in [-0.2, 0) is 16.1 Å². The van der Waals surface area contributed by atoms with Crippen molar-refractivity contribution in [1.82, 2.24) is 19.3 Å². The normalized spacial score (nSPS) is 18.5. The van der Waals surface area contributed by atoms with E-state index in [0.29, 0.717) is 24.3 Å². The fourth-order valence-electron chi connectivity index (χ4n) is 7.61. The van der Waals surface area contributed by atoms with Gasteiger partial charge in [-0.15, -0.1) is 0 Å². The molecule has 3 aromatic rings. The van der Waals surface area contributed by atoms with Crippen molar-refractivity contribution in [3.05, 3.63) is 54.2 Å². The number of fused-ring (bicyclic) bond motifs is 1. The Labute approximate surface area is 294 Å². The van der Waals surface area contributed by atoms with E-state index < -0.39 is 12.7 Å². The van der Waals surface area contributed by atoms with Gasteiger partial charge in [0, 0.05) is 69.0 Å². The van der Waals surface area contributed by atoms with Crippen molar-refractivity contribution in [1.29, 1.82) is 0 Å². The number of nitrogens with zero attached hydrogens (tertiary/aromatic N) is 4. The highest BCUT2D eigenvalue weighted by atomic mass is 31.1. The number of piperidine rings is 2. The molecule has 2 aromatic carbocycles. The van der Waals surface area contributed by atoms with Crippen molar-refractivity contribution in [2.24, 2.45) is 5.41 Å². The highest BCUT2D eigenvalue weighted by molar-refractivity contribution is 7.64. The number of hydrogen-bond acceptors (Lipinski definition) is 5. The lowest BCUT2D eigenvalue weighted by Crippen LogP contribution is -2.49. The van der Waals surface area contributed by atoms with Gasteiger partial charge >= 0.3 is 6.18 Å². The summed E-state index contributed by atoms with van der Waals surface area (Å²) >= 11 is 0. The van der Waals surface area contributed by atoms with Crippen molar-refractivity contribution in [3.63, 3.8) is 0 Å². The second kappa shape index (κ2) is 15.2. The number of aromatic nitrogens is 1. The van der Waals surface area contributed by atoms with Crippen LogP contribution in [0.5, 0.6) is 0 Å². The van der Waals surface area contributed by atoms with Gasteiger partial charge in [0.15, 0.2) is 0 Å². The van der Waals surface area contributed by atoms with Crippen molar-refractivity contribution in [3.8, 4) is 11.8 Å². The van der Waals surface area contributed by atoms with E-state index >= 15 is 0 Å². The van der Waals surface area contributed by atoms with Crippen LogP contribution in [0.2, 0.25) is 0 Å². The third kappa shape index (κ3) is 8.76. The first-order valence-corrected chi connectivity index (χ1v) is 19.8. The molecule has 1 spiro atoms. The van der Waals surface area contributed by atoms with Gasteiger partial charge in [-0.2, -0.15) is 13.2 Å². The summed E-state index contributed by atoms with van der Waals surface area (Å²) in [6.07, 6.45) is 0.182. The van der Waals surface area contributed by atoms with Gasteiger partial charge in [-0.3, -0.25) is 14.5 Å². The van der Waals surface area contributed by atoms with Gasteiger partial charge in [0.2, 0.25) is 11.8 Å². The fraction of sp³-hybridized carbons (Fsp3) is 0.526. The van der Waals surface area contributed by atoms with Crippen LogP contribution < -0.4 is 15.9 Å². The number of nitrogens with one attached hydrogen (secondary N) is 2. The number of anilines is 2. The molecule has 3 aliphatic heterocycles. The van der Waals surface area contributed by atoms with Gasteiger partial charge < -0.3 is 25.0 Å². The standard InChI is InChI=1S/C38H48F3N6O2P/c1-28(48)46-23-17-37(26-46)15-21-45(22-16-37)36(49)25-44-19-13-30(14-20-44)43-34-7-4-8-35-33(34)24-31(47(35)27-38(39,40)41)6-5-18-42-29-9-11-32(12-10-29)50(2)3/h4,7-12,24,30,42-43H,13-23,25-27H2,1-3H3. The molecule has 3 fully saturated rings. The van der Waals surface area contributed by atoms with Crippen LogP contribution >= 0.6 is 7.92 Å². The zero-order valence-electron chi connectivity index (χ0n) is 29.3. The van der Waals surface area contributed by atoms with E-state index in [1.165, 1.54) is 9.87 Å². The largest absolute Gasteiger partial charge is 0.406 e. The van der Waals surface area contributed by atoms with Gasteiger partial charge in [0.05, 0.1) is 24.3 Å². The first-order chi connectivity index (χ1) is 23.9. The van der Waals surface area contributed by atoms with Crippen LogP contribution in [0.25, 0.3) is 10.9 Å². The Kier molecular flexibility index (Phi) is 11.0. The van der Waals surface area contributed by atoms with Crippen LogP contribution in [0.3, 0.4) is 0 Å². The second-order valence-electron chi connectivity index (χ2n) is 14.3. The zero-order valence-corrected chi connectivity index (χ0v) is 30.2. The third-order valence-corrected chi connectivity index (χ3v) is 12.0. The number of likely N-dealkylation sites (tertiary alicyclic amines) is 3. The van der Waals surface area contributed by atoms with E-state index in [1.807, 2.05) is 28.0 Å². The average molecular weight is 709 g/mol. The van der Waals surface area contributed by atoms with Crippen LogP contribution in [0.15, 0.2) is 48.5 Å². The maximum absolute atomic E-state index is 13.7. The lowest BCUT2D eigenvalue weighted by molar-refractivity contribution is -0.140. The number of amides is 2. The summed E-state index contributed by atoms with van der Waals surface area (Å²) in [5.41, 5.74) is 2.70. The number of halogens is 3. The average Bonchev–Trinajstić information content (AvgIpc) is 3.65. The molecule has 1 aromatic heterocycles. The van der Waals surface area contributed by atoms with Gasteiger partial charge in [-0.05, 0) is 92.4 Å². The first-order valence-electron chi connectivity index (χ1n) is 17.6. The Bertz CT molecular complexity index is 1730. The van der Waals surface area contributed by atoms with E-state index in [0.717, 1.165) is 88.1 Å². The molecule has 0 bridgehead atoms. The summed E-state index contributed by atoms with van der Waals surface area (Å²) < 4.78 is 42.4. The number of carbonyl (C=O) groups excluding carboxylic acids is 2. The topological polar surface area (TPSA) is 72.8 Å². The molecule has 8 nitrogen and oxygen atoms in total. The minimum Gasteiger partial charge on any atom is -0.382 e. The molecule has 3 aliphatic rings. The van der Waals surface area contributed by atoms with Gasteiger partial charge in [0.1, 0.15) is 6.54 Å². The fourth-order valence-corrected chi connectivity index (χ4v) is 8.36. The minimum absolute atomic E-state index is 0.136. The van der Waals surface area contributed by atoms with E-state index in [1.54, 1.807) is 25.1 Å². The van der Waals surface area contributed by atoms with Crippen LogP contribution in [-0.4, -0.2) is 109 Å². The molecule has 50 heavy (non-hydrogen) atoms. The van der Waals surface area contributed by atoms with E-state index in [4.69, 9.17) is 0 Å². The third-order valence-electron chi connectivity index (χ3n) is 10.6. The van der Waals surface area contributed by atoms with E-state index in [9.17, 15) is 22.8 Å². The highest BCUT2D eigenvalue weighted by Crippen LogP contribution is 2.40. The summed E-state index contributed by atoms with van der Waals surface area (Å²) in [6, 6.07) is 15.5. The molecule has 0 radical (unpaired) electrons. The molecular weight excluding hydrogens is 660 g/mol. The summed E-state index contributed by atoms with van der Waals surface area (Å²) in [7, 11) is -0.181. The quantitative estimate of drug-likeness (QED) is 0.230. The van der Waals surface area contributed by atoms with Crippen LogP contribution in [0.4, 0.5) is 24.5 Å². The second-order valence-corrected chi connectivity index (χ2v) is 16.6. The Balaban J connectivity index is 1.04. The Morgan fingerprint density at radius 2 is 1.64 bits per heavy atom. The molecule has 0 aliphatic carbocycles. The van der Waals surface area contributed by atoms with E-state index in [-0.39, 0.29) is 31.2 Å². The van der Waals surface area contributed by atoms with Gasteiger partial charge in [-0.25, -0.2) is 0 Å². The predicted molar refractivity (Wildman–Crippen MR) is 196 cm³/mol. The van der Waals surface area contributed by atoms with Crippen LogP contribution in [0.1, 0.15) is 44.7 Å². The molecule has 2 N–H and O–H groups in total. The van der Waals surface area contributed by atoms with Crippen molar-refractivity contribution < 1.29 is 22.8 Å². The molecule has 268 valence electrons. The van der Waals surface area contributed by atoms with Crippen molar-refractivity contribution in [2.45, 2.75) is 57.8 Å².